The smallest absolute Gasteiger partial charge is 0.409 e. The van der Waals surface area contributed by atoms with Gasteiger partial charge in [0, 0.05) is 25.7 Å². The largest absolute Gasteiger partial charge is 0.469 e. The molecule has 2 aromatic carbocycles. The third-order valence-corrected chi connectivity index (χ3v) is 7.66. The molecule has 7 nitrogen and oxygen atoms in total. The Morgan fingerprint density at radius 2 is 1.64 bits per heavy atom. The van der Waals surface area contributed by atoms with Crippen molar-refractivity contribution in [3.05, 3.63) is 59.7 Å². The quantitative estimate of drug-likeness (QED) is 0.718. The fourth-order valence-corrected chi connectivity index (χ4v) is 5.80. The van der Waals surface area contributed by atoms with E-state index in [2.05, 4.69) is 24.3 Å². The van der Waals surface area contributed by atoms with Crippen molar-refractivity contribution in [2.75, 3.05) is 40.0 Å². The zero-order chi connectivity index (χ0) is 23.1. The van der Waals surface area contributed by atoms with Gasteiger partial charge in [0.25, 0.3) is 0 Å². The normalized spacial score (nSPS) is 23.6. The molecule has 174 valence electrons. The van der Waals surface area contributed by atoms with Gasteiger partial charge in [-0.2, -0.15) is 0 Å². The summed E-state index contributed by atoms with van der Waals surface area (Å²) in [6.07, 6.45) is 0.565. The van der Waals surface area contributed by atoms with E-state index in [1.165, 1.54) is 23.1 Å². The summed E-state index contributed by atoms with van der Waals surface area (Å²) >= 11 is 0. The molecule has 2 aliphatic heterocycles. The maximum atomic E-state index is 13.0. The van der Waals surface area contributed by atoms with E-state index in [0.717, 1.165) is 11.1 Å². The third kappa shape index (κ3) is 3.50. The molecule has 0 radical (unpaired) electrons. The minimum Gasteiger partial charge on any atom is -0.469 e. The van der Waals surface area contributed by atoms with Crippen LogP contribution in [0.3, 0.4) is 0 Å². The van der Waals surface area contributed by atoms with Crippen LogP contribution in [0.5, 0.6) is 0 Å². The maximum Gasteiger partial charge on any atom is 0.409 e. The predicted octanol–water partition coefficient (Wildman–Crippen LogP) is 3.34. The van der Waals surface area contributed by atoms with Crippen molar-refractivity contribution in [2.24, 2.45) is 5.41 Å². The number of rotatable bonds is 4. The van der Waals surface area contributed by atoms with Gasteiger partial charge in [0.2, 0.25) is 0 Å². The first kappa shape index (κ1) is 21.9. The molecule has 7 heteroatoms. The first-order valence-corrected chi connectivity index (χ1v) is 11.5. The highest BCUT2D eigenvalue weighted by Gasteiger charge is 2.60. The Kier molecular flexibility index (Phi) is 5.62. The van der Waals surface area contributed by atoms with Gasteiger partial charge in [-0.05, 0) is 41.5 Å². The molecule has 1 aliphatic carbocycles. The number of ether oxygens (including phenoxy) is 3. The van der Waals surface area contributed by atoms with E-state index in [-0.39, 0.29) is 19.1 Å². The van der Waals surface area contributed by atoms with Crippen molar-refractivity contribution < 1.29 is 28.9 Å². The highest BCUT2D eigenvalue weighted by molar-refractivity contribution is 5.80. The summed E-state index contributed by atoms with van der Waals surface area (Å²) in [4.78, 5) is 27.2. The number of β-amino-alcohol motifs (C(OH)–C–C–N with tert-alkyl or cyclic N) is 1. The number of aliphatic hydroxyl groups is 1. The van der Waals surface area contributed by atoms with Gasteiger partial charge >= 0.3 is 12.1 Å². The van der Waals surface area contributed by atoms with Gasteiger partial charge in [-0.3, -0.25) is 4.79 Å². The standard InChI is InChI=1S/C26H29NO6/c1-31-23(28)25(11-14-32-15-12-25)26(30)10-13-27(17-26)24(29)33-16-22-20-8-4-2-6-18(20)19-7-3-5-9-21(19)22/h2-9,22,30H,10-17H2,1H3. The Morgan fingerprint density at radius 1 is 1.03 bits per heavy atom. The molecule has 2 saturated heterocycles. The summed E-state index contributed by atoms with van der Waals surface area (Å²) < 4.78 is 16.2. The van der Waals surface area contributed by atoms with Crippen LogP contribution in [-0.4, -0.2) is 67.7 Å². The number of carbonyl (C=O) groups excluding carboxylic acids is 2. The summed E-state index contributed by atoms with van der Waals surface area (Å²) in [7, 11) is 1.33. The van der Waals surface area contributed by atoms with Crippen molar-refractivity contribution in [3.63, 3.8) is 0 Å². The number of amides is 1. The highest BCUT2D eigenvalue weighted by Crippen LogP contribution is 2.48. The lowest BCUT2D eigenvalue weighted by molar-refractivity contribution is -0.185. The van der Waals surface area contributed by atoms with Crippen LogP contribution in [0, 0.1) is 5.41 Å². The second-order valence-corrected chi connectivity index (χ2v) is 9.19. The Bertz CT molecular complexity index is 1020. The highest BCUT2D eigenvalue weighted by atomic mass is 16.6. The number of nitrogens with zero attached hydrogens (tertiary/aromatic N) is 1. The number of carbonyl (C=O) groups is 2. The molecule has 1 amide bonds. The summed E-state index contributed by atoms with van der Waals surface area (Å²) in [5.74, 6) is -0.470. The summed E-state index contributed by atoms with van der Waals surface area (Å²) in [5.41, 5.74) is 2.20. The molecule has 1 N–H and O–H groups in total. The molecule has 2 aromatic rings. The molecular weight excluding hydrogens is 422 g/mol. The number of esters is 1. The lowest BCUT2D eigenvalue weighted by atomic mass is 9.66. The second-order valence-electron chi connectivity index (χ2n) is 9.19. The van der Waals surface area contributed by atoms with Crippen LogP contribution in [-0.2, 0) is 19.0 Å². The molecule has 1 unspecified atom stereocenters. The van der Waals surface area contributed by atoms with Crippen molar-refractivity contribution >= 4 is 12.1 Å². The zero-order valence-corrected chi connectivity index (χ0v) is 18.8. The molecule has 33 heavy (non-hydrogen) atoms. The lowest BCUT2D eigenvalue weighted by Gasteiger charge is -2.44. The monoisotopic (exact) mass is 451 g/mol. The molecule has 0 aromatic heterocycles. The van der Waals surface area contributed by atoms with Gasteiger partial charge in [0.15, 0.2) is 0 Å². The van der Waals surface area contributed by atoms with Crippen LogP contribution in [0.4, 0.5) is 4.79 Å². The lowest BCUT2D eigenvalue weighted by Crippen LogP contribution is -2.58. The fraction of sp³-hybridized carbons (Fsp3) is 0.462. The molecule has 2 fully saturated rings. The predicted molar refractivity (Wildman–Crippen MR) is 121 cm³/mol. The van der Waals surface area contributed by atoms with Gasteiger partial charge < -0.3 is 24.2 Å². The van der Waals surface area contributed by atoms with Crippen LogP contribution in [0.25, 0.3) is 11.1 Å². The molecule has 2 heterocycles. The summed E-state index contributed by atoms with van der Waals surface area (Å²) in [6.45, 7) is 1.34. The van der Waals surface area contributed by atoms with E-state index in [4.69, 9.17) is 14.2 Å². The van der Waals surface area contributed by atoms with Crippen molar-refractivity contribution in [1.82, 2.24) is 4.90 Å². The molecule has 5 rings (SSSR count). The average Bonchev–Trinajstić information content (AvgIpc) is 3.42. The molecule has 0 bridgehead atoms. The van der Waals surface area contributed by atoms with E-state index in [9.17, 15) is 14.7 Å². The van der Waals surface area contributed by atoms with E-state index < -0.39 is 23.1 Å². The number of hydrogen-bond donors (Lipinski definition) is 1. The topological polar surface area (TPSA) is 85.3 Å². The van der Waals surface area contributed by atoms with Crippen LogP contribution in [0.15, 0.2) is 48.5 Å². The van der Waals surface area contributed by atoms with Crippen LogP contribution < -0.4 is 0 Å². The van der Waals surface area contributed by atoms with Gasteiger partial charge in [0.05, 0.1) is 13.7 Å². The zero-order valence-electron chi connectivity index (χ0n) is 18.8. The Morgan fingerprint density at radius 3 is 2.24 bits per heavy atom. The number of hydrogen-bond acceptors (Lipinski definition) is 6. The third-order valence-electron chi connectivity index (χ3n) is 7.66. The van der Waals surface area contributed by atoms with E-state index in [1.54, 1.807) is 0 Å². The molecule has 1 atom stereocenters. The minimum absolute atomic E-state index is 0.0280. The van der Waals surface area contributed by atoms with E-state index in [0.29, 0.717) is 39.0 Å². The summed E-state index contributed by atoms with van der Waals surface area (Å²) in [6, 6.07) is 16.4. The SMILES string of the molecule is COC(=O)C1(C2(O)CCN(C(=O)OCC3c4ccccc4-c4ccccc43)C2)CCOCC1. The van der Waals surface area contributed by atoms with E-state index >= 15 is 0 Å². The van der Waals surface area contributed by atoms with E-state index in [1.807, 2.05) is 24.3 Å². The second kappa shape index (κ2) is 8.47. The maximum absolute atomic E-state index is 13.0. The average molecular weight is 452 g/mol. The van der Waals surface area contributed by atoms with Crippen molar-refractivity contribution in [3.8, 4) is 11.1 Å². The van der Waals surface area contributed by atoms with Gasteiger partial charge in [-0.15, -0.1) is 0 Å². The summed E-state index contributed by atoms with van der Waals surface area (Å²) in [5, 5.41) is 11.5. The van der Waals surface area contributed by atoms with Crippen LogP contribution in [0.2, 0.25) is 0 Å². The molecule has 3 aliphatic rings. The molecule has 0 spiro atoms. The fourth-order valence-electron chi connectivity index (χ4n) is 5.80. The Balaban J connectivity index is 1.30. The van der Waals surface area contributed by atoms with Gasteiger partial charge in [-0.25, -0.2) is 4.79 Å². The Hall–Kier alpha value is -2.90. The first-order chi connectivity index (χ1) is 16.0. The molecular formula is C26H29NO6. The number of methoxy groups -OCH3 is 1. The Labute approximate surface area is 193 Å². The van der Waals surface area contributed by atoms with Crippen LogP contribution in [0.1, 0.15) is 36.3 Å². The van der Waals surface area contributed by atoms with Gasteiger partial charge in [0.1, 0.15) is 17.6 Å². The number of benzene rings is 2. The van der Waals surface area contributed by atoms with Crippen molar-refractivity contribution in [2.45, 2.75) is 30.8 Å². The first-order valence-electron chi connectivity index (χ1n) is 11.5. The number of fused-ring (bicyclic) bond motifs is 3. The van der Waals surface area contributed by atoms with Crippen LogP contribution >= 0.6 is 0 Å². The number of likely N-dealkylation sites (tertiary alicyclic amines) is 1. The molecule has 0 saturated carbocycles. The minimum atomic E-state index is -1.37. The van der Waals surface area contributed by atoms with Gasteiger partial charge in [-0.1, -0.05) is 48.5 Å². The van der Waals surface area contributed by atoms with Crippen molar-refractivity contribution in [1.29, 1.82) is 0 Å².